The minimum Gasteiger partial charge on any atom is -0.387 e. The fourth-order valence-corrected chi connectivity index (χ4v) is 3.00. The number of carbonyl (C=O) groups is 1. The lowest BCUT2D eigenvalue weighted by Crippen LogP contribution is -2.16. The Morgan fingerprint density at radius 2 is 2.13 bits per heavy atom. The van der Waals surface area contributed by atoms with Gasteiger partial charge >= 0.3 is 0 Å². The Balaban J connectivity index is 1.54. The van der Waals surface area contributed by atoms with E-state index in [9.17, 15) is 14.3 Å². The molecule has 1 saturated carbocycles. The van der Waals surface area contributed by atoms with E-state index in [-0.39, 0.29) is 12.3 Å². The number of amides is 1. The Morgan fingerprint density at radius 1 is 1.33 bits per heavy atom. The van der Waals surface area contributed by atoms with Gasteiger partial charge in [0.05, 0.1) is 29.6 Å². The zero-order valence-electron chi connectivity index (χ0n) is 16.6. The number of nitrogens with one attached hydrogen (secondary N) is 2. The molecule has 0 unspecified atom stereocenters. The number of rotatable bonds is 7. The summed E-state index contributed by atoms with van der Waals surface area (Å²) in [5.74, 6) is 0.285. The van der Waals surface area contributed by atoms with Crippen LogP contribution in [-0.2, 0) is 4.79 Å². The standard InChI is InChI=1S/C20H22FN7O2/c1-3-16(29)14-6-11(2)15(9-23-14)26-20-22-4-5-28(20)18-8-17(24-10-25-18)27-19(30)12-7-13(12)21/h4-6,8-10,12-13,16,29H,3,7H2,1-2H3,(H,22,26)(H,24,25,27,30)/t12-,13+,16+/m1/s1. The quantitative estimate of drug-likeness (QED) is 0.547. The van der Waals surface area contributed by atoms with Gasteiger partial charge in [0.2, 0.25) is 11.9 Å². The molecule has 0 aromatic carbocycles. The molecule has 3 atom stereocenters. The molecule has 9 nitrogen and oxygen atoms in total. The summed E-state index contributed by atoms with van der Waals surface area (Å²) in [5, 5.41) is 15.8. The van der Waals surface area contributed by atoms with E-state index in [2.05, 4.69) is 30.6 Å². The van der Waals surface area contributed by atoms with Gasteiger partial charge in [-0.1, -0.05) is 6.92 Å². The maximum atomic E-state index is 13.1. The van der Waals surface area contributed by atoms with Gasteiger partial charge in [0.25, 0.3) is 0 Å². The SMILES string of the molecule is CC[C@H](O)c1cc(C)c(Nc2nccn2-c2cc(NC(=O)[C@@H]3C[C@@H]3F)ncn2)cn1. The second kappa shape index (κ2) is 8.15. The van der Waals surface area contributed by atoms with E-state index >= 15 is 0 Å². The van der Waals surface area contributed by atoms with E-state index in [1.165, 1.54) is 6.33 Å². The lowest BCUT2D eigenvalue weighted by molar-refractivity contribution is -0.117. The molecule has 1 aliphatic carbocycles. The molecule has 10 heteroatoms. The van der Waals surface area contributed by atoms with Gasteiger partial charge in [0.1, 0.15) is 24.1 Å². The van der Waals surface area contributed by atoms with Crippen LogP contribution in [0.15, 0.2) is 37.1 Å². The summed E-state index contributed by atoms with van der Waals surface area (Å²) in [6.45, 7) is 3.81. The minimum atomic E-state index is -1.07. The number of aryl methyl sites for hydroxylation is 1. The van der Waals surface area contributed by atoms with E-state index in [1.807, 2.05) is 19.9 Å². The van der Waals surface area contributed by atoms with Gasteiger partial charge in [-0.2, -0.15) is 0 Å². The second-order valence-electron chi connectivity index (χ2n) is 7.20. The maximum Gasteiger partial charge on any atom is 0.231 e. The Bertz CT molecular complexity index is 1070. The van der Waals surface area contributed by atoms with Crippen LogP contribution in [0.5, 0.6) is 0 Å². The van der Waals surface area contributed by atoms with Crippen molar-refractivity contribution in [2.75, 3.05) is 10.6 Å². The van der Waals surface area contributed by atoms with Crippen LogP contribution in [0.4, 0.5) is 21.8 Å². The smallest absolute Gasteiger partial charge is 0.231 e. The number of anilines is 3. The second-order valence-corrected chi connectivity index (χ2v) is 7.20. The zero-order valence-corrected chi connectivity index (χ0v) is 16.6. The number of carbonyl (C=O) groups excluding carboxylic acids is 1. The molecule has 0 radical (unpaired) electrons. The van der Waals surface area contributed by atoms with E-state index in [0.717, 1.165) is 11.3 Å². The van der Waals surface area contributed by atoms with E-state index < -0.39 is 18.2 Å². The maximum absolute atomic E-state index is 13.1. The summed E-state index contributed by atoms with van der Waals surface area (Å²) in [7, 11) is 0. The summed E-state index contributed by atoms with van der Waals surface area (Å²) in [4.78, 5) is 28.9. The van der Waals surface area contributed by atoms with Crippen molar-refractivity contribution in [1.82, 2.24) is 24.5 Å². The van der Waals surface area contributed by atoms with Crippen molar-refractivity contribution in [3.63, 3.8) is 0 Å². The normalized spacial score (nSPS) is 18.7. The molecule has 3 aromatic rings. The molecular weight excluding hydrogens is 389 g/mol. The number of nitrogens with zero attached hydrogens (tertiary/aromatic N) is 5. The summed E-state index contributed by atoms with van der Waals surface area (Å²) in [6.07, 6.45) is 5.46. The highest BCUT2D eigenvalue weighted by molar-refractivity contribution is 5.94. The fourth-order valence-electron chi connectivity index (χ4n) is 3.00. The van der Waals surface area contributed by atoms with Crippen LogP contribution in [0.2, 0.25) is 0 Å². The predicted molar refractivity (Wildman–Crippen MR) is 108 cm³/mol. The number of aliphatic hydroxyl groups is 1. The number of alkyl halides is 1. The molecule has 156 valence electrons. The van der Waals surface area contributed by atoms with Crippen molar-refractivity contribution >= 4 is 23.4 Å². The van der Waals surface area contributed by atoms with Gasteiger partial charge in [0, 0.05) is 18.5 Å². The molecular formula is C20H22FN7O2. The predicted octanol–water partition coefficient (Wildman–Crippen LogP) is 2.85. The lowest BCUT2D eigenvalue weighted by atomic mass is 10.1. The number of imidazole rings is 1. The third-order valence-corrected chi connectivity index (χ3v) is 4.95. The molecule has 3 aromatic heterocycles. The Labute approximate surface area is 172 Å². The molecule has 0 aliphatic heterocycles. The van der Waals surface area contributed by atoms with Crippen molar-refractivity contribution in [1.29, 1.82) is 0 Å². The number of halogens is 1. The number of aromatic nitrogens is 5. The van der Waals surface area contributed by atoms with Crippen molar-refractivity contribution in [3.8, 4) is 5.82 Å². The van der Waals surface area contributed by atoms with Crippen LogP contribution < -0.4 is 10.6 Å². The van der Waals surface area contributed by atoms with Crippen LogP contribution in [-0.4, -0.2) is 41.7 Å². The number of pyridine rings is 1. The first-order chi connectivity index (χ1) is 14.5. The summed E-state index contributed by atoms with van der Waals surface area (Å²) >= 11 is 0. The van der Waals surface area contributed by atoms with Crippen molar-refractivity contribution in [3.05, 3.63) is 48.3 Å². The molecule has 1 amide bonds. The van der Waals surface area contributed by atoms with Gasteiger partial charge in [-0.05, 0) is 31.4 Å². The highest BCUT2D eigenvalue weighted by Crippen LogP contribution is 2.34. The first-order valence-corrected chi connectivity index (χ1v) is 9.68. The molecule has 30 heavy (non-hydrogen) atoms. The molecule has 0 bridgehead atoms. The average molecular weight is 411 g/mol. The monoisotopic (exact) mass is 411 g/mol. The van der Waals surface area contributed by atoms with E-state index in [1.54, 1.807) is 29.2 Å². The van der Waals surface area contributed by atoms with Crippen LogP contribution in [0.3, 0.4) is 0 Å². The number of aliphatic hydroxyl groups excluding tert-OH is 1. The number of hydrogen-bond acceptors (Lipinski definition) is 7. The largest absolute Gasteiger partial charge is 0.387 e. The van der Waals surface area contributed by atoms with Crippen molar-refractivity contribution < 1.29 is 14.3 Å². The Kier molecular flexibility index (Phi) is 5.40. The average Bonchev–Trinajstić information content (AvgIpc) is 3.30. The third-order valence-electron chi connectivity index (χ3n) is 4.95. The van der Waals surface area contributed by atoms with Gasteiger partial charge in [0.15, 0.2) is 0 Å². The Morgan fingerprint density at radius 3 is 2.83 bits per heavy atom. The van der Waals surface area contributed by atoms with Gasteiger partial charge in [-0.25, -0.2) is 19.3 Å². The summed E-state index contributed by atoms with van der Waals surface area (Å²) in [5.41, 5.74) is 2.26. The molecule has 3 heterocycles. The Hall–Kier alpha value is -3.40. The molecule has 1 aliphatic rings. The first kappa shape index (κ1) is 19.9. The molecule has 0 spiro atoms. The highest BCUT2D eigenvalue weighted by atomic mass is 19.1. The molecule has 0 saturated heterocycles. The highest BCUT2D eigenvalue weighted by Gasteiger charge is 2.43. The van der Waals surface area contributed by atoms with E-state index in [0.29, 0.717) is 29.7 Å². The molecule has 1 fully saturated rings. The molecule has 3 N–H and O–H groups in total. The fraction of sp³-hybridized carbons (Fsp3) is 0.350. The van der Waals surface area contributed by atoms with Gasteiger partial charge in [-0.15, -0.1) is 0 Å². The van der Waals surface area contributed by atoms with Crippen molar-refractivity contribution in [2.24, 2.45) is 5.92 Å². The van der Waals surface area contributed by atoms with Crippen LogP contribution >= 0.6 is 0 Å². The van der Waals surface area contributed by atoms with Gasteiger partial charge < -0.3 is 15.7 Å². The topological polar surface area (TPSA) is 118 Å². The number of hydrogen-bond donors (Lipinski definition) is 3. The van der Waals surface area contributed by atoms with Crippen molar-refractivity contribution in [2.45, 2.75) is 39.0 Å². The summed E-state index contributed by atoms with van der Waals surface area (Å²) < 4.78 is 14.8. The lowest BCUT2D eigenvalue weighted by Gasteiger charge is -2.14. The zero-order chi connectivity index (χ0) is 21.3. The van der Waals surface area contributed by atoms with Gasteiger partial charge in [-0.3, -0.25) is 14.3 Å². The third kappa shape index (κ3) is 4.13. The van der Waals surface area contributed by atoms with Crippen LogP contribution in [0, 0.1) is 12.8 Å². The molecule has 4 rings (SSSR count). The minimum absolute atomic E-state index is 0.251. The van der Waals surface area contributed by atoms with Crippen LogP contribution in [0.1, 0.15) is 37.1 Å². The van der Waals surface area contributed by atoms with Crippen LogP contribution in [0.25, 0.3) is 5.82 Å². The first-order valence-electron chi connectivity index (χ1n) is 9.68. The van der Waals surface area contributed by atoms with E-state index in [4.69, 9.17) is 0 Å². The summed E-state index contributed by atoms with van der Waals surface area (Å²) in [6, 6.07) is 3.42.